The lowest BCUT2D eigenvalue weighted by Crippen LogP contribution is -2.18. The number of phenolic OH excluding ortho intramolecular Hbond substituents is 1. The number of rotatable bonds is 7. The molecular formula is C15H23ClO3. The number of hydrogen-bond donors (Lipinski definition) is 1. The number of ether oxygens (including phenoxy) is 1. The second-order valence-corrected chi connectivity index (χ2v) is 4.59. The number of methoxy groups -OCH3 is 1. The van der Waals surface area contributed by atoms with E-state index in [4.69, 9.17) is 4.74 Å². The Morgan fingerprint density at radius 3 is 2.42 bits per heavy atom. The number of benzene rings is 1. The standard InChI is InChI=1S/C15H22O3.ClH/c1-3-4-5-6-13(15(17)18-2)11-12-7-9-14(16)10-8-12;/h7-10,13,16H,3-6,11H2,1-2H3;1H. The van der Waals surface area contributed by atoms with Crippen LogP contribution in [-0.4, -0.2) is 18.2 Å². The molecule has 4 heteroatoms. The Labute approximate surface area is 121 Å². The van der Waals surface area contributed by atoms with Gasteiger partial charge in [-0.2, -0.15) is 0 Å². The van der Waals surface area contributed by atoms with Crippen LogP contribution in [-0.2, 0) is 16.0 Å². The van der Waals surface area contributed by atoms with Crippen molar-refractivity contribution in [3.05, 3.63) is 29.8 Å². The number of esters is 1. The highest BCUT2D eigenvalue weighted by Crippen LogP contribution is 2.19. The molecule has 1 aromatic carbocycles. The summed E-state index contributed by atoms with van der Waals surface area (Å²) in [5.74, 6) is 0.0321. The third-order valence-electron chi connectivity index (χ3n) is 3.11. The molecule has 1 aromatic rings. The first-order valence-electron chi connectivity index (χ1n) is 6.53. The van der Waals surface area contributed by atoms with Gasteiger partial charge in [0.05, 0.1) is 13.0 Å². The Hall–Kier alpha value is -1.22. The summed E-state index contributed by atoms with van der Waals surface area (Å²) in [5.41, 5.74) is 1.06. The highest BCUT2D eigenvalue weighted by atomic mass is 35.5. The monoisotopic (exact) mass is 286 g/mol. The molecule has 0 heterocycles. The number of hydrogen-bond acceptors (Lipinski definition) is 3. The molecule has 0 fully saturated rings. The Kier molecular flexibility index (Phi) is 9.06. The summed E-state index contributed by atoms with van der Waals surface area (Å²) in [5, 5.41) is 9.23. The molecule has 0 aromatic heterocycles. The van der Waals surface area contributed by atoms with Gasteiger partial charge in [-0.3, -0.25) is 4.79 Å². The highest BCUT2D eigenvalue weighted by Gasteiger charge is 2.19. The Morgan fingerprint density at radius 1 is 1.26 bits per heavy atom. The number of carbonyl (C=O) groups is 1. The fraction of sp³-hybridized carbons (Fsp3) is 0.533. The molecule has 0 radical (unpaired) electrons. The highest BCUT2D eigenvalue weighted by molar-refractivity contribution is 5.85. The van der Waals surface area contributed by atoms with E-state index in [-0.39, 0.29) is 30.0 Å². The number of aromatic hydroxyl groups is 1. The van der Waals surface area contributed by atoms with Gasteiger partial charge >= 0.3 is 5.97 Å². The molecule has 1 rings (SSSR count). The van der Waals surface area contributed by atoms with Crippen LogP contribution in [0.2, 0.25) is 0 Å². The van der Waals surface area contributed by atoms with Crippen molar-refractivity contribution in [2.75, 3.05) is 7.11 Å². The number of phenols is 1. The van der Waals surface area contributed by atoms with Crippen LogP contribution in [0.5, 0.6) is 5.75 Å². The maximum atomic E-state index is 11.7. The molecule has 1 atom stereocenters. The quantitative estimate of drug-likeness (QED) is 0.614. The van der Waals surface area contributed by atoms with E-state index in [1.54, 1.807) is 12.1 Å². The van der Waals surface area contributed by atoms with Crippen LogP contribution in [0.3, 0.4) is 0 Å². The van der Waals surface area contributed by atoms with Crippen molar-refractivity contribution in [2.45, 2.75) is 39.0 Å². The molecule has 0 aliphatic carbocycles. The molecule has 0 aliphatic rings. The fourth-order valence-electron chi connectivity index (χ4n) is 2.03. The van der Waals surface area contributed by atoms with Gasteiger partial charge in [0.25, 0.3) is 0 Å². The van der Waals surface area contributed by atoms with Crippen LogP contribution in [0.4, 0.5) is 0 Å². The summed E-state index contributed by atoms with van der Waals surface area (Å²) in [6.45, 7) is 2.15. The summed E-state index contributed by atoms with van der Waals surface area (Å²) in [7, 11) is 1.44. The van der Waals surface area contributed by atoms with Gasteiger partial charge in [-0.05, 0) is 30.5 Å². The van der Waals surface area contributed by atoms with E-state index in [0.29, 0.717) is 6.42 Å². The second kappa shape index (κ2) is 9.68. The zero-order valence-electron chi connectivity index (χ0n) is 11.6. The molecule has 0 saturated carbocycles. The van der Waals surface area contributed by atoms with Crippen molar-refractivity contribution in [3.8, 4) is 5.75 Å². The van der Waals surface area contributed by atoms with E-state index in [1.807, 2.05) is 12.1 Å². The molecule has 0 spiro atoms. The Bertz CT molecular complexity index is 362. The van der Waals surface area contributed by atoms with E-state index in [9.17, 15) is 9.90 Å². The third kappa shape index (κ3) is 6.48. The van der Waals surface area contributed by atoms with Crippen LogP contribution >= 0.6 is 12.4 Å². The maximum absolute atomic E-state index is 11.7. The first kappa shape index (κ1) is 17.8. The molecule has 19 heavy (non-hydrogen) atoms. The largest absolute Gasteiger partial charge is 0.508 e. The van der Waals surface area contributed by atoms with Gasteiger partial charge in [0, 0.05) is 0 Å². The SMILES string of the molecule is CCCCCC(Cc1ccc(O)cc1)C(=O)OC.Cl. The van der Waals surface area contributed by atoms with Crippen LogP contribution in [0.25, 0.3) is 0 Å². The normalized spacial score (nSPS) is 11.5. The Balaban J connectivity index is 0.00000324. The smallest absolute Gasteiger partial charge is 0.308 e. The van der Waals surface area contributed by atoms with Gasteiger partial charge < -0.3 is 9.84 Å². The number of halogens is 1. The molecule has 1 unspecified atom stereocenters. The zero-order valence-corrected chi connectivity index (χ0v) is 12.4. The lowest BCUT2D eigenvalue weighted by atomic mass is 9.94. The van der Waals surface area contributed by atoms with Crippen molar-refractivity contribution in [3.63, 3.8) is 0 Å². The average Bonchev–Trinajstić information content (AvgIpc) is 2.39. The minimum absolute atomic E-state index is 0. The molecular weight excluding hydrogens is 264 g/mol. The van der Waals surface area contributed by atoms with Crippen LogP contribution in [0, 0.1) is 5.92 Å². The van der Waals surface area contributed by atoms with Crippen molar-refractivity contribution in [1.29, 1.82) is 0 Å². The lowest BCUT2D eigenvalue weighted by Gasteiger charge is -2.14. The number of unbranched alkanes of at least 4 members (excludes halogenated alkanes) is 2. The third-order valence-corrected chi connectivity index (χ3v) is 3.11. The summed E-state index contributed by atoms with van der Waals surface area (Å²) >= 11 is 0. The summed E-state index contributed by atoms with van der Waals surface area (Å²) < 4.78 is 4.85. The molecule has 108 valence electrons. The minimum Gasteiger partial charge on any atom is -0.508 e. The summed E-state index contributed by atoms with van der Waals surface area (Å²) in [4.78, 5) is 11.7. The fourth-order valence-corrected chi connectivity index (χ4v) is 2.03. The van der Waals surface area contributed by atoms with Crippen molar-refractivity contribution < 1.29 is 14.6 Å². The first-order chi connectivity index (χ1) is 8.67. The molecule has 3 nitrogen and oxygen atoms in total. The van der Waals surface area contributed by atoms with E-state index in [2.05, 4.69) is 6.92 Å². The first-order valence-corrected chi connectivity index (χ1v) is 6.53. The van der Waals surface area contributed by atoms with E-state index in [1.165, 1.54) is 7.11 Å². The maximum Gasteiger partial charge on any atom is 0.308 e. The predicted octanol–water partition coefficient (Wildman–Crippen LogP) is 3.73. The van der Waals surface area contributed by atoms with Crippen molar-refractivity contribution >= 4 is 18.4 Å². The molecule has 0 aliphatic heterocycles. The van der Waals surface area contributed by atoms with Gasteiger partial charge in [0.2, 0.25) is 0 Å². The van der Waals surface area contributed by atoms with Crippen LogP contribution in [0.1, 0.15) is 38.2 Å². The van der Waals surface area contributed by atoms with Crippen LogP contribution < -0.4 is 0 Å². The van der Waals surface area contributed by atoms with Gasteiger partial charge in [-0.1, -0.05) is 38.3 Å². The lowest BCUT2D eigenvalue weighted by molar-refractivity contribution is -0.145. The van der Waals surface area contributed by atoms with E-state index >= 15 is 0 Å². The van der Waals surface area contributed by atoms with Gasteiger partial charge in [0.1, 0.15) is 5.75 Å². The topological polar surface area (TPSA) is 46.5 Å². The minimum atomic E-state index is -0.140. The summed E-state index contributed by atoms with van der Waals surface area (Å²) in [6, 6.07) is 7.00. The summed E-state index contributed by atoms with van der Waals surface area (Å²) in [6.07, 6.45) is 4.88. The van der Waals surface area contributed by atoms with E-state index in [0.717, 1.165) is 31.2 Å². The zero-order chi connectivity index (χ0) is 13.4. The van der Waals surface area contributed by atoms with Gasteiger partial charge in [0.15, 0.2) is 0 Å². The van der Waals surface area contributed by atoms with Gasteiger partial charge in [-0.15, -0.1) is 12.4 Å². The molecule has 1 N–H and O–H groups in total. The molecule has 0 amide bonds. The van der Waals surface area contributed by atoms with Crippen molar-refractivity contribution in [1.82, 2.24) is 0 Å². The molecule has 0 saturated heterocycles. The predicted molar refractivity (Wildman–Crippen MR) is 78.7 cm³/mol. The van der Waals surface area contributed by atoms with Crippen molar-refractivity contribution in [2.24, 2.45) is 5.92 Å². The molecule has 0 bridgehead atoms. The van der Waals surface area contributed by atoms with E-state index < -0.39 is 0 Å². The van der Waals surface area contributed by atoms with Gasteiger partial charge in [-0.25, -0.2) is 0 Å². The Morgan fingerprint density at radius 2 is 1.89 bits per heavy atom. The second-order valence-electron chi connectivity index (χ2n) is 4.59. The van der Waals surface area contributed by atoms with Crippen LogP contribution in [0.15, 0.2) is 24.3 Å². The average molecular weight is 287 g/mol. The number of carbonyl (C=O) groups excluding carboxylic acids is 1.